The summed E-state index contributed by atoms with van der Waals surface area (Å²) in [6.07, 6.45) is 8.28. The molecule has 52 heavy (non-hydrogen) atoms. The molecule has 0 radical (unpaired) electrons. The molecular weight excluding hydrogens is 633 g/mol. The minimum absolute atomic E-state index is 0.673. The van der Waals surface area contributed by atoms with Crippen molar-refractivity contribution in [2.75, 3.05) is 11.4 Å². The van der Waals surface area contributed by atoms with Crippen LogP contribution in [0.25, 0.3) is 66.1 Å². The summed E-state index contributed by atoms with van der Waals surface area (Å²) in [7, 11) is 0. The molecule has 0 saturated heterocycles. The Morgan fingerprint density at radius 1 is 0.577 bits per heavy atom. The summed E-state index contributed by atoms with van der Waals surface area (Å²) in [4.78, 5) is 2.34. The molecule has 248 valence electrons. The van der Waals surface area contributed by atoms with Gasteiger partial charge < -0.3 is 13.9 Å². The average molecular weight is 669 g/mol. The van der Waals surface area contributed by atoms with Crippen LogP contribution >= 0.6 is 0 Å². The average Bonchev–Trinajstić information content (AvgIpc) is 3.76. The van der Waals surface area contributed by atoms with E-state index in [9.17, 15) is 0 Å². The molecule has 9 aromatic rings. The second-order valence-electron chi connectivity index (χ2n) is 12.9. The first-order chi connectivity index (χ1) is 25.8. The third-order valence-corrected chi connectivity index (χ3v) is 9.88. The van der Waals surface area contributed by atoms with E-state index in [4.69, 9.17) is 4.42 Å². The van der Waals surface area contributed by atoms with Gasteiger partial charge in [0.1, 0.15) is 11.2 Å². The van der Waals surface area contributed by atoms with Crippen LogP contribution in [0.15, 0.2) is 205 Å². The molecule has 0 aliphatic rings. The van der Waals surface area contributed by atoms with E-state index < -0.39 is 0 Å². The van der Waals surface area contributed by atoms with Crippen LogP contribution < -0.4 is 4.90 Å². The van der Waals surface area contributed by atoms with Crippen LogP contribution in [0.3, 0.4) is 0 Å². The highest BCUT2D eigenvalue weighted by molar-refractivity contribution is 6.10. The molecule has 0 aliphatic carbocycles. The molecule has 7 aromatic carbocycles. The van der Waals surface area contributed by atoms with Gasteiger partial charge in [0.15, 0.2) is 0 Å². The molecule has 0 aliphatic heterocycles. The van der Waals surface area contributed by atoms with E-state index in [-0.39, 0.29) is 0 Å². The van der Waals surface area contributed by atoms with E-state index in [1.807, 2.05) is 18.2 Å². The molecule has 2 heterocycles. The zero-order valence-corrected chi connectivity index (χ0v) is 28.7. The van der Waals surface area contributed by atoms with Crippen LogP contribution in [0.1, 0.15) is 5.56 Å². The lowest BCUT2D eigenvalue weighted by Gasteiger charge is -2.24. The van der Waals surface area contributed by atoms with Crippen molar-refractivity contribution in [1.29, 1.82) is 0 Å². The quantitative estimate of drug-likeness (QED) is 0.143. The molecule has 0 N–H and O–H groups in total. The summed E-state index contributed by atoms with van der Waals surface area (Å²) < 4.78 is 8.78. The number of para-hydroxylation sites is 6. The first kappa shape index (κ1) is 31.2. The lowest BCUT2D eigenvalue weighted by molar-refractivity contribution is 0.668. The number of allylic oxidation sites excluding steroid dienone is 4. The molecule has 0 atom stereocenters. The highest BCUT2D eigenvalue weighted by atomic mass is 16.3. The van der Waals surface area contributed by atoms with Crippen molar-refractivity contribution in [3.63, 3.8) is 0 Å². The van der Waals surface area contributed by atoms with E-state index in [1.54, 1.807) is 0 Å². The Labute approximate surface area is 303 Å². The lowest BCUT2D eigenvalue weighted by Crippen LogP contribution is -2.16. The van der Waals surface area contributed by atoms with Gasteiger partial charge in [-0.15, -0.1) is 0 Å². The first-order valence-corrected chi connectivity index (χ1v) is 17.7. The van der Waals surface area contributed by atoms with Crippen LogP contribution in [0.4, 0.5) is 11.4 Å². The van der Waals surface area contributed by atoms with Crippen molar-refractivity contribution in [1.82, 2.24) is 4.57 Å². The number of aromatic nitrogens is 1. The molecule has 3 nitrogen and oxygen atoms in total. The maximum Gasteiger partial charge on any atom is 0.143 e. The van der Waals surface area contributed by atoms with Gasteiger partial charge in [0.25, 0.3) is 0 Å². The number of hydrogen-bond acceptors (Lipinski definition) is 2. The van der Waals surface area contributed by atoms with Crippen molar-refractivity contribution in [2.45, 2.75) is 0 Å². The predicted molar refractivity (Wildman–Crippen MR) is 221 cm³/mol. The molecule has 3 heteroatoms. The third-order valence-electron chi connectivity index (χ3n) is 9.88. The van der Waals surface area contributed by atoms with Crippen molar-refractivity contribution < 1.29 is 4.42 Å². The zero-order chi connectivity index (χ0) is 34.9. The van der Waals surface area contributed by atoms with Gasteiger partial charge in [0, 0.05) is 50.6 Å². The summed E-state index contributed by atoms with van der Waals surface area (Å²) in [5.74, 6) is 0. The fraction of sp³-hybridized carbons (Fsp3) is 0.0204. The number of furan rings is 1. The summed E-state index contributed by atoms with van der Waals surface area (Å²) in [5, 5.41) is 4.75. The van der Waals surface area contributed by atoms with E-state index in [1.165, 1.54) is 32.9 Å². The molecule has 2 aromatic heterocycles. The largest absolute Gasteiger partial charge is 0.455 e. The van der Waals surface area contributed by atoms with Crippen molar-refractivity contribution >= 4 is 60.7 Å². The van der Waals surface area contributed by atoms with Gasteiger partial charge in [-0.25, -0.2) is 0 Å². The van der Waals surface area contributed by atoms with Gasteiger partial charge in [-0.05, 0) is 59.7 Å². The van der Waals surface area contributed by atoms with Gasteiger partial charge in [0.2, 0.25) is 0 Å². The summed E-state index contributed by atoms with van der Waals surface area (Å²) in [6, 6.07) is 60.1. The topological polar surface area (TPSA) is 21.3 Å². The van der Waals surface area contributed by atoms with Crippen LogP contribution in [-0.4, -0.2) is 11.1 Å². The fourth-order valence-electron chi connectivity index (χ4n) is 7.51. The number of benzene rings is 7. The Morgan fingerprint density at radius 3 is 1.94 bits per heavy atom. The van der Waals surface area contributed by atoms with Gasteiger partial charge in [-0.3, -0.25) is 0 Å². The van der Waals surface area contributed by atoms with E-state index in [0.717, 1.165) is 50.1 Å². The number of nitrogens with zero attached hydrogens (tertiary/aromatic N) is 2. The van der Waals surface area contributed by atoms with Crippen molar-refractivity contribution in [3.05, 3.63) is 206 Å². The normalized spacial score (nSPS) is 12.0. The maximum atomic E-state index is 6.38. The highest BCUT2D eigenvalue weighted by Crippen LogP contribution is 2.38. The number of anilines is 2. The third kappa shape index (κ3) is 5.49. The lowest BCUT2D eigenvalue weighted by atomic mass is 10.0. The van der Waals surface area contributed by atoms with Gasteiger partial charge in [-0.2, -0.15) is 0 Å². The Hall–Kier alpha value is -6.84. The SMILES string of the molecule is C=C/C=C(\C=C/CN(c1ccccc1)c1ccc(-c2ccccc2-n2c3ccccc3c3ccccc32)cc1)c1cccc2c1oc1ccccc12. The van der Waals surface area contributed by atoms with Gasteiger partial charge in [0.05, 0.1) is 16.7 Å². The van der Waals surface area contributed by atoms with Crippen LogP contribution in [0.5, 0.6) is 0 Å². The molecule has 0 fully saturated rings. The Bertz CT molecular complexity index is 2730. The molecule has 0 unspecified atom stereocenters. The standard InChI is InChI=1S/C49H36N2O/c1-2-16-35(40-24-14-25-44-43-23-9-13-29-48(43)52-49(40)44)17-15-34-50(37-18-4-3-5-19-37)38-32-30-36(31-33-38)39-20-6-10-26-45(39)51-46-27-11-7-21-41(46)42-22-8-12-28-47(42)51/h2-33H,1,34H2/b17-15-,35-16+. The molecule has 0 saturated carbocycles. The number of rotatable bonds is 9. The summed E-state index contributed by atoms with van der Waals surface area (Å²) in [5.41, 5.74) is 12.0. The molecule has 0 bridgehead atoms. The second kappa shape index (κ2) is 13.5. The molecule has 9 rings (SSSR count). The van der Waals surface area contributed by atoms with Crippen LogP contribution in [-0.2, 0) is 0 Å². The second-order valence-corrected chi connectivity index (χ2v) is 12.9. The summed E-state index contributed by atoms with van der Waals surface area (Å²) in [6.45, 7) is 4.69. The van der Waals surface area contributed by atoms with E-state index in [2.05, 4.69) is 192 Å². The monoisotopic (exact) mass is 668 g/mol. The van der Waals surface area contributed by atoms with Gasteiger partial charge >= 0.3 is 0 Å². The van der Waals surface area contributed by atoms with Gasteiger partial charge in [-0.1, -0.05) is 152 Å². The van der Waals surface area contributed by atoms with E-state index in [0.29, 0.717) is 6.54 Å². The Kier molecular flexibility index (Phi) is 8.07. The minimum Gasteiger partial charge on any atom is -0.455 e. The maximum absolute atomic E-state index is 6.38. The first-order valence-electron chi connectivity index (χ1n) is 17.7. The van der Waals surface area contributed by atoms with Crippen molar-refractivity contribution in [3.8, 4) is 16.8 Å². The molecule has 0 amide bonds. The van der Waals surface area contributed by atoms with Crippen LogP contribution in [0.2, 0.25) is 0 Å². The van der Waals surface area contributed by atoms with Crippen molar-refractivity contribution in [2.24, 2.45) is 0 Å². The Balaban J connectivity index is 1.06. The summed E-state index contributed by atoms with van der Waals surface area (Å²) >= 11 is 0. The van der Waals surface area contributed by atoms with E-state index >= 15 is 0 Å². The zero-order valence-electron chi connectivity index (χ0n) is 28.7. The number of hydrogen-bond donors (Lipinski definition) is 0. The Morgan fingerprint density at radius 2 is 1.19 bits per heavy atom. The van der Waals surface area contributed by atoms with Crippen LogP contribution in [0, 0.1) is 0 Å². The predicted octanol–water partition coefficient (Wildman–Crippen LogP) is 13.3. The fourth-order valence-corrected chi connectivity index (χ4v) is 7.51. The smallest absolute Gasteiger partial charge is 0.143 e. The molecular formula is C49H36N2O. The minimum atomic E-state index is 0.673. The number of fused-ring (bicyclic) bond motifs is 6. The highest BCUT2D eigenvalue weighted by Gasteiger charge is 2.16. The molecule has 0 spiro atoms.